The van der Waals surface area contributed by atoms with Gasteiger partial charge in [0, 0.05) is 23.5 Å². The molecule has 0 bridgehead atoms. The van der Waals surface area contributed by atoms with Crippen LogP contribution in [0.15, 0.2) is 48.5 Å². The highest BCUT2D eigenvalue weighted by Crippen LogP contribution is 2.19. The van der Waals surface area contributed by atoms with Crippen molar-refractivity contribution in [2.45, 2.75) is 52.4 Å². The summed E-state index contributed by atoms with van der Waals surface area (Å²) in [5.41, 5.74) is 1.59. The first-order chi connectivity index (χ1) is 14.2. The van der Waals surface area contributed by atoms with Gasteiger partial charge >= 0.3 is 0 Å². The summed E-state index contributed by atoms with van der Waals surface area (Å²) in [5.74, 6) is 1.48. The van der Waals surface area contributed by atoms with Gasteiger partial charge in [0.1, 0.15) is 11.5 Å². The minimum absolute atomic E-state index is 0.111. The molecule has 0 atom stereocenters. The van der Waals surface area contributed by atoms with Crippen molar-refractivity contribution in [1.29, 1.82) is 0 Å². The summed E-state index contributed by atoms with van der Waals surface area (Å²) in [7, 11) is 0. The van der Waals surface area contributed by atoms with E-state index in [9.17, 15) is 4.79 Å². The lowest BCUT2D eigenvalue weighted by atomic mass is 10.2. The molecule has 0 radical (unpaired) electrons. The number of ether oxygens (including phenoxy) is 2. The van der Waals surface area contributed by atoms with Crippen LogP contribution in [0.2, 0.25) is 0 Å². The second kappa shape index (κ2) is 13.5. The van der Waals surface area contributed by atoms with Crippen molar-refractivity contribution in [3.05, 3.63) is 48.5 Å². The average Bonchev–Trinajstić information content (AvgIpc) is 2.74. The van der Waals surface area contributed by atoms with Crippen LogP contribution in [0.5, 0.6) is 11.5 Å². The Balaban J connectivity index is 1.74. The number of hydrogen-bond donors (Lipinski definition) is 2. The minimum Gasteiger partial charge on any atom is -0.494 e. The van der Waals surface area contributed by atoms with Gasteiger partial charge in [-0.1, -0.05) is 51.7 Å². The summed E-state index contributed by atoms with van der Waals surface area (Å²) in [6.07, 6.45) is 7.03. The van der Waals surface area contributed by atoms with E-state index in [0.717, 1.165) is 42.3 Å². The number of amides is 1. The lowest BCUT2D eigenvalue weighted by molar-refractivity contribution is -0.114. The van der Waals surface area contributed by atoms with Gasteiger partial charge < -0.3 is 20.1 Å². The molecule has 0 aliphatic rings. The van der Waals surface area contributed by atoms with E-state index < -0.39 is 0 Å². The molecule has 1 amide bonds. The fourth-order valence-electron chi connectivity index (χ4n) is 2.86. The van der Waals surface area contributed by atoms with Gasteiger partial charge in [-0.15, -0.1) is 0 Å². The largest absolute Gasteiger partial charge is 0.494 e. The number of unbranched alkanes of at least 4 members (excludes halogenated alkanes) is 4. The van der Waals surface area contributed by atoms with E-state index >= 15 is 0 Å². The number of carbonyl (C=O) groups excluding carboxylic acids is 1. The summed E-state index contributed by atoms with van der Waals surface area (Å²) < 4.78 is 11.4. The van der Waals surface area contributed by atoms with Crippen molar-refractivity contribution in [3.8, 4) is 11.5 Å². The molecular weight excluding hydrogens is 364 g/mol. The van der Waals surface area contributed by atoms with Gasteiger partial charge in [0.15, 0.2) is 0 Å². The van der Waals surface area contributed by atoms with Crippen LogP contribution in [-0.2, 0) is 4.79 Å². The van der Waals surface area contributed by atoms with Gasteiger partial charge in [-0.05, 0) is 37.1 Å². The van der Waals surface area contributed by atoms with Crippen LogP contribution in [0.4, 0.5) is 11.4 Å². The summed E-state index contributed by atoms with van der Waals surface area (Å²) in [4.78, 5) is 12.2. The maximum atomic E-state index is 12.2. The minimum atomic E-state index is -0.111. The molecule has 0 aromatic heterocycles. The highest BCUT2D eigenvalue weighted by Gasteiger charge is 2.04. The number of nitrogens with one attached hydrogen (secondary N) is 2. The molecule has 0 aliphatic heterocycles. The Kier molecular flexibility index (Phi) is 10.5. The molecule has 5 heteroatoms. The first-order valence-corrected chi connectivity index (χ1v) is 10.7. The van der Waals surface area contributed by atoms with Crippen LogP contribution >= 0.6 is 0 Å². The van der Waals surface area contributed by atoms with Crippen LogP contribution in [0.3, 0.4) is 0 Å². The molecule has 2 aromatic rings. The molecular formula is C24H34N2O3. The normalized spacial score (nSPS) is 10.4. The van der Waals surface area contributed by atoms with Gasteiger partial charge in [-0.25, -0.2) is 0 Å². The van der Waals surface area contributed by atoms with Gasteiger partial charge in [0.2, 0.25) is 5.91 Å². The Bertz CT molecular complexity index is 734. The molecule has 0 spiro atoms. The average molecular weight is 399 g/mol. The highest BCUT2D eigenvalue weighted by molar-refractivity contribution is 5.93. The number of carbonyl (C=O) groups is 1. The van der Waals surface area contributed by atoms with E-state index in [1.54, 1.807) is 0 Å². The van der Waals surface area contributed by atoms with Gasteiger partial charge in [0.05, 0.1) is 19.8 Å². The molecule has 0 saturated heterocycles. The van der Waals surface area contributed by atoms with E-state index in [2.05, 4.69) is 24.5 Å². The van der Waals surface area contributed by atoms with Crippen LogP contribution in [-0.4, -0.2) is 25.7 Å². The van der Waals surface area contributed by atoms with Crippen LogP contribution in [0, 0.1) is 0 Å². The highest BCUT2D eigenvalue weighted by atomic mass is 16.5. The van der Waals surface area contributed by atoms with Gasteiger partial charge in [-0.3, -0.25) is 4.79 Å². The lowest BCUT2D eigenvalue weighted by Crippen LogP contribution is -2.21. The molecule has 0 saturated carbocycles. The topological polar surface area (TPSA) is 59.6 Å². The molecule has 5 nitrogen and oxygen atoms in total. The molecule has 0 aliphatic carbocycles. The molecule has 2 rings (SSSR count). The van der Waals surface area contributed by atoms with Crippen LogP contribution in [0.25, 0.3) is 0 Å². The number of benzene rings is 2. The first kappa shape index (κ1) is 22.6. The maximum Gasteiger partial charge on any atom is 0.243 e. The predicted molar refractivity (Wildman–Crippen MR) is 120 cm³/mol. The van der Waals surface area contributed by atoms with Crippen LogP contribution in [0.1, 0.15) is 52.4 Å². The number of hydrogen-bond acceptors (Lipinski definition) is 4. The van der Waals surface area contributed by atoms with Gasteiger partial charge in [0.25, 0.3) is 0 Å². The zero-order chi connectivity index (χ0) is 20.7. The Morgan fingerprint density at radius 1 is 0.793 bits per heavy atom. The van der Waals surface area contributed by atoms with Crippen molar-refractivity contribution < 1.29 is 14.3 Å². The third-order valence-corrected chi connectivity index (χ3v) is 4.39. The van der Waals surface area contributed by atoms with Crippen molar-refractivity contribution >= 4 is 17.3 Å². The fraction of sp³-hybridized carbons (Fsp3) is 0.458. The zero-order valence-electron chi connectivity index (χ0n) is 17.7. The van der Waals surface area contributed by atoms with E-state index in [1.807, 2.05) is 48.5 Å². The third kappa shape index (κ3) is 9.37. The smallest absolute Gasteiger partial charge is 0.243 e. The Morgan fingerprint density at radius 2 is 1.45 bits per heavy atom. The molecule has 2 aromatic carbocycles. The van der Waals surface area contributed by atoms with Crippen molar-refractivity contribution in [3.63, 3.8) is 0 Å². The Labute approximate surface area is 174 Å². The second-order valence-corrected chi connectivity index (χ2v) is 7.07. The van der Waals surface area contributed by atoms with Crippen molar-refractivity contribution in [2.75, 3.05) is 30.4 Å². The summed E-state index contributed by atoms with van der Waals surface area (Å²) in [5, 5.41) is 6.04. The molecule has 0 fully saturated rings. The first-order valence-electron chi connectivity index (χ1n) is 10.7. The fourth-order valence-corrected chi connectivity index (χ4v) is 2.86. The molecule has 2 N–H and O–H groups in total. The standard InChI is InChI=1S/C24H34N2O3/c1-3-5-6-7-8-16-29-22-13-9-11-20(17-22)25-19-24(27)26-21-12-10-14-23(18-21)28-15-4-2/h9-14,17-18,25H,3-8,15-16,19H2,1-2H3,(H,26,27). The van der Waals surface area contributed by atoms with Crippen LogP contribution < -0.4 is 20.1 Å². The van der Waals surface area contributed by atoms with Gasteiger partial charge in [-0.2, -0.15) is 0 Å². The second-order valence-electron chi connectivity index (χ2n) is 7.07. The van der Waals surface area contributed by atoms with Crippen molar-refractivity contribution in [2.24, 2.45) is 0 Å². The lowest BCUT2D eigenvalue weighted by Gasteiger charge is -2.11. The van der Waals surface area contributed by atoms with E-state index in [1.165, 1.54) is 25.7 Å². The molecule has 158 valence electrons. The summed E-state index contributed by atoms with van der Waals surface area (Å²) in [6.45, 7) is 5.85. The quantitative estimate of drug-likeness (QED) is 0.390. The predicted octanol–water partition coefficient (Wildman–Crippen LogP) is 5.88. The molecule has 0 heterocycles. The Hall–Kier alpha value is -2.69. The molecule has 29 heavy (non-hydrogen) atoms. The maximum absolute atomic E-state index is 12.2. The monoisotopic (exact) mass is 398 g/mol. The van der Waals surface area contributed by atoms with E-state index in [4.69, 9.17) is 9.47 Å². The van der Waals surface area contributed by atoms with Crippen molar-refractivity contribution in [1.82, 2.24) is 0 Å². The number of anilines is 2. The summed E-state index contributed by atoms with van der Waals surface area (Å²) >= 11 is 0. The van der Waals surface area contributed by atoms with E-state index in [0.29, 0.717) is 6.61 Å². The summed E-state index contributed by atoms with van der Waals surface area (Å²) in [6, 6.07) is 15.2. The van der Waals surface area contributed by atoms with E-state index in [-0.39, 0.29) is 12.5 Å². The molecule has 0 unspecified atom stereocenters. The number of rotatable bonds is 14. The third-order valence-electron chi connectivity index (χ3n) is 4.39. The SMILES string of the molecule is CCCCCCCOc1cccc(NCC(=O)Nc2cccc(OCCC)c2)c1. The Morgan fingerprint density at radius 3 is 2.17 bits per heavy atom. The zero-order valence-corrected chi connectivity index (χ0v) is 17.7.